The lowest BCUT2D eigenvalue weighted by atomic mass is 9.94. The molecular weight excluding hydrogens is 360 g/mol. The van der Waals surface area contributed by atoms with Crippen LogP contribution in [0.1, 0.15) is 65.8 Å². The minimum atomic E-state index is -0.956. The predicted octanol–water partition coefficient (Wildman–Crippen LogP) is 0.695. The maximum Gasteiger partial charge on any atom is 0.262 e. The molecule has 2 aliphatic rings. The first-order valence-electron chi connectivity index (χ1n) is 9.64. The number of rotatable bonds is 7. The molecule has 1 fully saturated rings. The Kier molecular flexibility index (Phi) is 5.62. The molecule has 8 heteroatoms. The number of benzene rings is 1. The van der Waals surface area contributed by atoms with Gasteiger partial charge in [-0.15, -0.1) is 0 Å². The van der Waals surface area contributed by atoms with Crippen LogP contribution in [0.3, 0.4) is 0 Å². The van der Waals surface area contributed by atoms with E-state index in [-0.39, 0.29) is 24.3 Å². The summed E-state index contributed by atoms with van der Waals surface area (Å²) in [4.78, 5) is 50.4. The van der Waals surface area contributed by atoms with Gasteiger partial charge in [0.2, 0.25) is 11.8 Å². The number of amides is 4. The first-order chi connectivity index (χ1) is 13.3. The van der Waals surface area contributed by atoms with Crippen molar-refractivity contribution in [1.29, 1.82) is 0 Å². The van der Waals surface area contributed by atoms with E-state index in [0.29, 0.717) is 29.8 Å². The van der Waals surface area contributed by atoms with Crippen LogP contribution < -0.4 is 16.4 Å². The molecule has 1 atom stereocenters. The van der Waals surface area contributed by atoms with Crippen molar-refractivity contribution in [1.82, 2.24) is 15.5 Å². The van der Waals surface area contributed by atoms with Crippen molar-refractivity contribution in [3.63, 3.8) is 0 Å². The minimum Gasteiger partial charge on any atom is -0.324 e. The summed E-state index contributed by atoms with van der Waals surface area (Å²) < 4.78 is 0. The molecule has 4 amide bonds. The summed E-state index contributed by atoms with van der Waals surface area (Å²) in [6, 6.07) is 4.16. The Labute approximate surface area is 163 Å². The van der Waals surface area contributed by atoms with E-state index in [1.807, 2.05) is 13.8 Å². The van der Waals surface area contributed by atoms with Crippen molar-refractivity contribution in [2.75, 3.05) is 6.54 Å². The molecule has 1 unspecified atom stereocenters. The molecule has 3 rings (SSSR count). The summed E-state index contributed by atoms with van der Waals surface area (Å²) in [5, 5.41) is 5.49. The average molecular weight is 386 g/mol. The maximum atomic E-state index is 13.0. The number of fused-ring (bicyclic) bond motifs is 1. The predicted molar refractivity (Wildman–Crippen MR) is 102 cm³/mol. The second-order valence-electron chi connectivity index (χ2n) is 7.46. The SMILES string of the molecule is CCC(N)(CC)CNCc1cccc2c1C(=O)N(C1CCC(=O)NC1=O)C2=O. The summed E-state index contributed by atoms with van der Waals surface area (Å²) in [6.45, 7) is 5.05. The highest BCUT2D eigenvalue weighted by molar-refractivity contribution is 6.24. The van der Waals surface area contributed by atoms with Crippen molar-refractivity contribution in [3.8, 4) is 0 Å². The lowest BCUT2D eigenvalue weighted by molar-refractivity contribution is -0.136. The third kappa shape index (κ3) is 3.57. The van der Waals surface area contributed by atoms with Gasteiger partial charge in [-0.05, 0) is 30.9 Å². The first kappa shape index (κ1) is 20.2. The van der Waals surface area contributed by atoms with Crippen molar-refractivity contribution in [2.24, 2.45) is 5.73 Å². The van der Waals surface area contributed by atoms with Gasteiger partial charge < -0.3 is 11.1 Å². The number of nitrogens with one attached hydrogen (secondary N) is 2. The van der Waals surface area contributed by atoms with E-state index in [2.05, 4.69) is 10.6 Å². The Morgan fingerprint density at radius 2 is 1.89 bits per heavy atom. The second kappa shape index (κ2) is 7.81. The third-order valence-electron chi connectivity index (χ3n) is 5.76. The summed E-state index contributed by atoms with van der Waals surface area (Å²) >= 11 is 0. The number of hydrogen-bond acceptors (Lipinski definition) is 6. The smallest absolute Gasteiger partial charge is 0.262 e. The number of piperidine rings is 1. The molecule has 2 aliphatic heterocycles. The monoisotopic (exact) mass is 386 g/mol. The van der Waals surface area contributed by atoms with E-state index in [9.17, 15) is 19.2 Å². The molecule has 2 heterocycles. The van der Waals surface area contributed by atoms with Crippen LogP contribution in [0.4, 0.5) is 0 Å². The van der Waals surface area contributed by atoms with Crippen molar-refractivity contribution in [2.45, 2.75) is 57.7 Å². The molecule has 0 bridgehead atoms. The van der Waals surface area contributed by atoms with Gasteiger partial charge in [-0.2, -0.15) is 0 Å². The van der Waals surface area contributed by atoms with Crippen molar-refractivity contribution in [3.05, 3.63) is 34.9 Å². The fourth-order valence-electron chi connectivity index (χ4n) is 3.68. The summed E-state index contributed by atoms with van der Waals surface area (Å²) in [6.07, 6.45) is 1.89. The maximum absolute atomic E-state index is 13.0. The molecule has 8 nitrogen and oxygen atoms in total. The van der Waals surface area contributed by atoms with Gasteiger partial charge in [-0.1, -0.05) is 26.0 Å². The highest BCUT2D eigenvalue weighted by Crippen LogP contribution is 2.30. The standard InChI is InChI=1S/C20H26N4O4/c1-3-20(21,4-2)11-22-10-12-6-5-7-13-16(12)19(28)24(18(13)27)14-8-9-15(25)23-17(14)26/h5-7,14,22H,3-4,8-11,21H2,1-2H3,(H,23,25,26). The van der Waals surface area contributed by atoms with E-state index in [1.165, 1.54) is 0 Å². The Balaban J connectivity index is 1.80. The van der Waals surface area contributed by atoms with Gasteiger partial charge in [0.25, 0.3) is 11.8 Å². The Bertz CT molecular complexity index is 831. The molecular formula is C20H26N4O4. The fourth-order valence-corrected chi connectivity index (χ4v) is 3.68. The van der Waals surface area contributed by atoms with Gasteiger partial charge in [0.1, 0.15) is 6.04 Å². The normalized spacial score (nSPS) is 19.8. The summed E-state index contributed by atoms with van der Waals surface area (Å²) in [5.41, 5.74) is 7.29. The Hall–Kier alpha value is -2.58. The van der Waals surface area contributed by atoms with Gasteiger partial charge in [0, 0.05) is 25.0 Å². The van der Waals surface area contributed by atoms with Crippen LogP contribution in [0.2, 0.25) is 0 Å². The number of nitrogens with two attached hydrogens (primary N) is 1. The van der Waals surface area contributed by atoms with Gasteiger partial charge in [-0.3, -0.25) is 29.4 Å². The molecule has 0 saturated carbocycles. The highest BCUT2D eigenvalue weighted by Gasteiger charge is 2.45. The van der Waals surface area contributed by atoms with Crippen LogP contribution in [0, 0.1) is 0 Å². The third-order valence-corrected chi connectivity index (χ3v) is 5.76. The van der Waals surface area contributed by atoms with E-state index >= 15 is 0 Å². The zero-order chi connectivity index (χ0) is 20.5. The molecule has 150 valence electrons. The molecule has 4 N–H and O–H groups in total. The van der Waals surface area contributed by atoms with E-state index in [0.717, 1.165) is 17.7 Å². The molecule has 0 radical (unpaired) electrons. The molecule has 0 aliphatic carbocycles. The Morgan fingerprint density at radius 1 is 1.18 bits per heavy atom. The van der Waals surface area contributed by atoms with Crippen molar-refractivity contribution >= 4 is 23.6 Å². The number of nitrogens with zero attached hydrogens (tertiary/aromatic N) is 1. The first-order valence-corrected chi connectivity index (χ1v) is 9.64. The number of imide groups is 2. The molecule has 1 saturated heterocycles. The number of carbonyl (C=O) groups excluding carboxylic acids is 4. The van der Waals surface area contributed by atoms with Gasteiger partial charge >= 0.3 is 0 Å². The lowest BCUT2D eigenvalue weighted by Gasteiger charge is -2.28. The minimum absolute atomic E-state index is 0.102. The molecule has 0 aromatic heterocycles. The van der Waals surface area contributed by atoms with Gasteiger partial charge in [-0.25, -0.2) is 0 Å². The topological polar surface area (TPSA) is 122 Å². The molecule has 0 spiro atoms. The van der Waals surface area contributed by atoms with Gasteiger partial charge in [0.05, 0.1) is 11.1 Å². The van der Waals surface area contributed by atoms with Crippen LogP contribution in [0.25, 0.3) is 0 Å². The van der Waals surface area contributed by atoms with Crippen LogP contribution in [0.5, 0.6) is 0 Å². The highest BCUT2D eigenvalue weighted by atomic mass is 16.2. The van der Waals surface area contributed by atoms with Crippen LogP contribution in [-0.2, 0) is 16.1 Å². The molecule has 28 heavy (non-hydrogen) atoms. The van der Waals surface area contributed by atoms with E-state index < -0.39 is 23.8 Å². The Morgan fingerprint density at radius 3 is 2.54 bits per heavy atom. The average Bonchev–Trinajstić information content (AvgIpc) is 2.93. The second-order valence-corrected chi connectivity index (χ2v) is 7.46. The largest absolute Gasteiger partial charge is 0.324 e. The van der Waals surface area contributed by atoms with Crippen LogP contribution >= 0.6 is 0 Å². The van der Waals surface area contributed by atoms with Crippen LogP contribution in [0.15, 0.2) is 18.2 Å². The quantitative estimate of drug-likeness (QED) is 0.593. The lowest BCUT2D eigenvalue weighted by Crippen LogP contribution is -2.54. The van der Waals surface area contributed by atoms with E-state index in [4.69, 9.17) is 5.73 Å². The van der Waals surface area contributed by atoms with Crippen molar-refractivity contribution < 1.29 is 19.2 Å². The fraction of sp³-hybridized carbons (Fsp3) is 0.500. The zero-order valence-corrected chi connectivity index (χ0v) is 16.2. The zero-order valence-electron chi connectivity index (χ0n) is 16.2. The number of hydrogen-bond donors (Lipinski definition) is 3. The summed E-state index contributed by atoms with van der Waals surface area (Å²) in [7, 11) is 0. The van der Waals surface area contributed by atoms with Gasteiger partial charge in [0.15, 0.2) is 0 Å². The van der Waals surface area contributed by atoms with Crippen LogP contribution in [-0.4, -0.2) is 46.7 Å². The molecule has 1 aromatic rings. The number of carbonyl (C=O) groups is 4. The van der Waals surface area contributed by atoms with E-state index in [1.54, 1.807) is 18.2 Å². The summed E-state index contributed by atoms with van der Waals surface area (Å²) in [5.74, 6) is -1.98. The molecule has 1 aromatic carbocycles.